The number of nitrogens with zero attached hydrogens (tertiary/aromatic N) is 4. The summed E-state index contributed by atoms with van der Waals surface area (Å²) >= 11 is 9.51. The highest BCUT2D eigenvalue weighted by atomic mass is 79.9. The number of benzene rings is 1. The first kappa shape index (κ1) is 17.7. The van der Waals surface area contributed by atoms with Crippen molar-refractivity contribution in [1.82, 2.24) is 19.6 Å². The van der Waals surface area contributed by atoms with Gasteiger partial charge in [0.1, 0.15) is 0 Å². The van der Waals surface area contributed by atoms with Crippen LogP contribution >= 0.6 is 27.5 Å². The lowest BCUT2D eigenvalue weighted by atomic mass is 10.1. The fourth-order valence-electron chi connectivity index (χ4n) is 2.38. The van der Waals surface area contributed by atoms with Crippen LogP contribution in [0.1, 0.15) is 12.5 Å². The van der Waals surface area contributed by atoms with Crippen molar-refractivity contribution in [3.63, 3.8) is 0 Å². The zero-order valence-corrected chi connectivity index (χ0v) is 15.9. The van der Waals surface area contributed by atoms with Gasteiger partial charge in [-0.15, -0.1) is 0 Å². The van der Waals surface area contributed by atoms with E-state index in [1.807, 2.05) is 37.4 Å². The molecule has 0 spiro atoms. The molecule has 1 amide bonds. The number of rotatable bonds is 6. The Morgan fingerprint density at radius 2 is 2.00 bits per heavy atom. The van der Waals surface area contributed by atoms with Crippen molar-refractivity contribution in [2.24, 2.45) is 5.92 Å². The molecule has 0 saturated heterocycles. The van der Waals surface area contributed by atoms with Crippen molar-refractivity contribution >= 4 is 39.1 Å². The number of aromatic nitrogens is 4. The van der Waals surface area contributed by atoms with E-state index >= 15 is 0 Å². The van der Waals surface area contributed by atoms with Gasteiger partial charge in [-0.25, -0.2) is 0 Å². The molecule has 0 bridgehead atoms. The number of amides is 1. The summed E-state index contributed by atoms with van der Waals surface area (Å²) in [6.07, 6.45) is 6.96. The number of anilines is 1. The second-order valence-electron chi connectivity index (χ2n) is 5.79. The summed E-state index contributed by atoms with van der Waals surface area (Å²) in [5.41, 5.74) is 1.63. The van der Waals surface area contributed by atoms with Gasteiger partial charge >= 0.3 is 0 Å². The molecule has 0 aliphatic rings. The highest BCUT2D eigenvalue weighted by molar-refractivity contribution is 9.10. The predicted molar refractivity (Wildman–Crippen MR) is 101 cm³/mol. The van der Waals surface area contributed by atoms with Crippen LogP contribution in [-0.2, 0) is 17.9 Å². The molecule has 130 valence electrons. The Hall–Kier alpha value is -2.12. The summed E-state index contributed by atoms with van der Waals surface area (Å²) in [7, 11) is 0. The van der Waals surface area contributed by atoms with Crippen LogP contribution in [0, 0.1) is 5.92 Å². The van der Waals surface area contributed by atoms with Gasteiger partial charge in [0.15, 0.2) is 0 Å². The Kier molecular flexibility index (Phi) is 5.55. The van der Waals surface area contributed by atoms with Crippen molar-refractivity contribution in [2.75, 3.05) is 5.32 Å². The zero-order chi connectivity index (χ0) is 17.8. The smallest absolute Gasteiger partial charge is 0.229 e. The lowest BCUT2D eigenvalue weighted by molar-refractivity contribution is -0.119. The highest BCUT2D eigenvalue weighted by Crippen LogP contribution is 2.17. The van der Waals surface area contributed by atoms with Gasteiger partial charge in [-0.3, -0.25) is 14.2 Å². The average Bonchev–Trinajstić information content (AvgIpc) is 3.18. The largest absolute Gasteiger partial charge is 0.323 e. The second kappa shape index (κ2) is 7.84. The third-order valence-electron chi connectivity index (χ3n) is 3.70. The SMILES string of the molecule is CC(Cn1cc(Br)cn1)C(=O)Nc1cnn(Cc2ccccc2Cl)c1. The second-order valence-corrected chi connectivity index (χ2v) is 7.11. The first-order chi connectivity index (χ1) is 12.0. The van der Waals surface area contributed by atoms with Gasteiger partial charge in [0.2, 0.25) is 5.91 Å². The maximum Gasteiger partial charge on any atom is 0.229 e. The topological polar surface area (TPSA) is 64.7 Å². The van der Waals surface area contributed by atoms with Crippen LogP contribution in [0.3, 0.4) is 0 Å². The Morgan fingerprint density at radius 1 is 1.24 bits per heavy atom. The lowest BCUT2D eigenvalue weighted by Crippen LogP contribution is -2.24. The summed E-state index contributed by atoms with van der Waals surface area (Å²) < 4.78 is 4.36. The third-order valence-corrected chi connectivity index (χ3v) is 4.48. The molecule has 0 aliphatic heterocycles. The fraction of sp³-hybridized carbons (Fsp3) is 0.235. The maximum absolute atomic E-state index is 12.3. The monoisotopic (exact) mass is 421 g/mol. The van der Waals surface area contributed by atoms with E-state index in [1.165, 1.54) is 0 Å². The van der Waals surface area contributed by atoms with E-state index in [9.17, 15) is 4.79 Å². The van der Waals surface area contributed by atoms with E-state index in [-0.39, 0.29) is 11.8 Å². The van der Waals surface area contributed by atoms with Crippen LogP contribution in [0.2, 0.25) is 5.02 Å². The fourth-order valence-corrected chi connectivity index (χ4v) is 2.91. The number of hydrogen-bond acceptors (Lipinski definition) is 3. The van der Waals surface area contributed by atoms with Gasteiger partial charge in [-0.05, 0) is 27.6 Å². The van der Waals surface area contributed by atoms with Gasteiger partial charge < -0.3 is 5.32 Å². The molecule has 0 radical (unpaired) electrons. The Labute approximate surface area is 158 Å². The normalized spacial score (nSPS) is 12.1. The van der Waals surface area contributed by atoms with Gasteiger partial charge in [-0.1, -0.05) is 36.7 Å². The van der Waals surface area contributed by atoms with E-state index in [0.717, 1.165) is 10.0 Å². The highest BCUT2D eigenvalue weighted by Gasteiger charge is 2.15. The van der Waals surface area contributed by atoms with Gasteiger partial charge in [-0.2, -0.15) is 10.2 Å². The number of carbonyl (C=O) groups is 1. The number of carbonyl (C=O) groups excluding carboxylic acids is 1. The molecular formula is C17H17BrClN5O. The van der Waals surface area contributed by atoms with Crippen LogP contribution in [0.25, 0.3) is 0 Å². The van der Waals surface area contributed by atoms with Crippen molar-refractivity contribution < 1.29 is 4.79 Å². The van der Waals surface area contributed by atoms with Crippen molar-refractivity contribution in [3.8, 4) is 0 Å². The number of hydrogen-bond donors (Lipinski definition) is 1. The standard InChI is InChI=1S/C17H17BrClN5O/c1-12(8-23-10-14(18)6-20-23)17(25)22-15-7-21-24(11-15)9-13-4-2-3-5-16(13)19/h2-7,10-12H,8-9H2,1H3,(H,22,25). The quantitative estimate of drug-likeness (QED) is 0.657. The Balaban J connectivity index is 1.59. The van der Waals surface area contributed by atoms with Crippen LogP contribution < -0.4 is 5.32 Å². The molecule has 0 fully saturated rings. The zero-order valence-electron chi connectivity index (χ0n) is 13.6. The molecule has 3 aromatic rings. The Bertz CT molecular complexity index is 875. The molecule has 1 N–H and O–H groups in total. The van der Waals surface area contributed by atoms with E-state index in [2.05, 4.69) is 31.4 Å². The van der Waals surface area contributed by atoms with Gasteiger partial charge in [0, 0.05) is 17.4 Å². The predicted octanol–water partition coefficient (Wildman–Crippen LogP) is 3.82. The third kappa shape index (κ3) is 4.70. The molecule has 2 aromatic heterocycles. The molecule has 25 heavy (non-hydrogen) atoms. The molecule has 6 nitrogen and oxygen atoms in total. The molecule has 1 atom stereocenters. The molecule has 0 aliphatic carbocycles. The summed E-state index contributed by atoms with van der Waals surface area (Å²) in [5, 5.41) is 12.0. The van der Waals surface area contributed by atoms with Crippen molar-refractivity contribution in [1.29, 1.82) is 0 Å². The molecule has 8 heteroatoms. The van der Waals surface area contributed by atoms with Gasteiger partial charge in [0.05, 0.1) is 41.6 Å². The van der Waals surface area contributed by atoms with Crippen molar-refractivity contribution in [2.45, 2.75) is 20.0 Å². The summed E-state index contributed by atoms with van der Waals surface area (Å²) in [5.74, 6) is -0.303. The first-order valence-electron chi connectivity index (χ1n) is 7.76. The minimum Gasteiger partial charge on any atom is -0.323 e. The van der Waals surface area contributed by atoms with Crippen molar-refractivity contribution in [3.05, 3.63) is 64.1 Å². The summed E-state index contributed by atoms with van der Waals surface area (Å²) in [6, 6.07) is 7.62. The maximum atomic E-state index is 12.3. The van der Waals surface area contributed by atoms with Crippen LogP contribution in [0.4, 0.5) is 5.69 Å². The van der Waals surface area contributed by atoms with E-state index < -0.39 is 0 Å². The molecule has 2 heterocycles. The number of halogens is 2. The van der Waals surface area contributed by atoms with E-state index in [0.29, 0.717) is 23.8 Å². The summed E-state index contributed by atoms with van der Waals surface area (Å²) in [4.78, 5) is 12.3. The Morgan fingerprint density at radius 3 is 2.72 bits per heavy atom. The van der Waals surface area contributed by atoms with Gasteiger partial charge in [0.25, 0.3) is 0 Å². The van der Waals surface area contributed by atoms with Crippen LogP contribution in [0.5, 0.6) is 0 Å². The number of nitrogens with one attached hydrogen (secondary N) is 1. The first-order valence-corrected chi connectivity index (χ1v) is 8.93. The lowest BCUT2D eigenvalue weighted by Gasteiger charge is -2.11. The van der Waals surface area contributed by atoms with Crippen LogP contribution in [-0.4, -0.2) is 25.5 Å². The van der Waals surface area contributed by atoms with E-state index in [4.69, 9.17) is 11.6 Å². The minimum absolute atomic E-state index is 0.0797. The molecule has 1 aromatic carbocycles. The molecule has 0 saturated carbocycles. The minimum atomic E-state index is -0.223. The summed E-state index contributed by atoms with van der Waals surface area (Å²) in [6.45, 7) is 2.91. The molecule has 1 unspecified atom stereocenters. The molecule has 3 rings (SSSR count). The van der Waals surface area contributed by atoms with Crippen LogP contribution in [0.15, 0.2) is 53.5 Å². The van der Waals surface area contributed by atoms with E-state index in [1.54, 1.807) is 28.0 Å². The average molecular weight is 423 g/mol. The molecular weight excluding hydrogens is 406 g/mol.